The van der Waals surface area contributed by atoms with Crippen LogP contribution in [0.3, 0.4) is 0 Å². The van der Waals surface area contributed by atoms with E-state index in [9.17, 15) is 0 Å². The monoisotopic (exact) mass is 190 g/mol. The van der Waals surface area contributed by atoms with E-state index in [2.05, 4.69) is 38.2 Å². The minimum absolute atomic E-state index is 0.353. The molecule has 1 saturated carbocycles. The Hall–Kier alpha value is -0.560. The second kappa shape index (κ2) is 2.96. The number of ether oxygens (including phenoxy) is 1. The Morgan fingerprint density at radius 3 is 2.64 bits per heavy atom. The zero-order chi connectivity index (χ0) is 9.71. The zero-order valence-electron chi connectivity index (χ0n) is 8.89. The number of rotatable bonds is 2. The molecule has 2 unspecified atom stereocenters. The van der Waals surface area contributed by atoms with Crippen molar-refractivity contribution in [2.24, 2.45) is 23.7 Å². The van der Waals surface area contributed by atoms with Crippen LogP contribution in [0.25, 0.3) is 0 Å². The first kappa shape index (κ1) is 8.72. The summed E-state index contributed by atoms with van der Waals surface area (Å²) in [4.78, 5) is 0. The van der Waals surface area contributed by atoms with Crippen molar-refractivity contribution in [3.05, 3.63) is 24.3 Å². The Morgan fingerprint density at radius 2 is 1.86 bits per heavy atom. The van der Waals surface area contributed by atoms with Gasteiger partial charge in [-0.05, 0) is 38.0 Å². The Kier molecular flexibility index (Phi) is 1.85. The number of fused-ring (bicyclic) bond motifs is 5. The molecule has 1 fully saturated rings. The van der Waals surface area contributed by atoms with Gasteiger partial charge in [-0.1, -0.05) is 24.3 Å². The van der Waals surface area contributed by atoms with Gasteiger partial charge >= 0.3 is 0 Å². The molecule has 0 saturated heterocycles. The molecule has 0 radical (unpaired) electrons. The molecule has 1 nitrogen and oxygen atoms in total. The van der Waals surface area contributed by atoms with Gasteiger partial charge in [-0.3, -0.25) is 0 Å². The molecule has 1 heteroatoms. The van der Waals surface area contributed by atoms with E-state index in [1.54, 1.807) is 0 Å². The molecule has 3 aliphatic rings. The molecule has 0 heterocycles. The number of allylic oxidation sites excluding steroid dienone is 3. The third-order valence-electron chi connectivity index (χ3n) is 3.91. The summed E-state index contributed by atoms with van der Waals surface area (Å²) >= 11 is 0. The molecule has 3 rings (SSSR count). The standard InChI is InChI=1S/C13H18O/c1-8(2)14-12-6-5-11-9-3-4-10(7-9)13(11)12/h3-6,8-13H,7H2,1-2H3/t9-,10+,11?,12+,13?/m0/s1. The summed E-state index contributed by atoms with van der Waals surface area (Å²) in [5, 5.41) is 0. The van der Waals surface area contributed by atoms with Crippen LogP contribution >= 0.6 is 0 Å². The Labute approximate surface area is 85.8 Å². The van der Waals surface area contributed by atoms with E-state index in [0.29, 0.717) is 12.2 Å². The van der Waals surface area contributed by atoms with Crippen LogP contribution < -0.4 is 0 Å². The topological polar surface area (TPSA) is 9.23 Å². The lowest BCUT2D eigenvalue weighted by molar-refractivity contribution is -0.00434. The molecule has 0 aliphatic heterocycles. The van der Waals surface area contributed by atoms with Gasteiger partial charge in [0, 0.05) is 5.92 Å². The van der Waals surface area contributed by atoms with Gasteiger partial charge in [0.15, 0.2) is 0 Å². The average molecular weight is 190 g/mol. The maximum Gasteiger partial charge on any atom is 0.0799 e. The van der Waals surface area contributed by atoms with E-state index >= 15 is 0 Å². The van der Waals surface area contributed by atoms with Gasteiger partial charge in [0.1, 0.15) is 0 Å². The Morgan fingerprint density at radius 1 is 1.07 bits per heavy atom. The molecule has 76 valence electrons. The second-order valence-corrected chi connectivity index (χ2v) is 5.14. The van der Waals surface area contributed by atoms with Crippen LogP contribution in [0.15, 0.2) is 24.3 Å². The van der Waals surface area contributed by atoms with Crippen molar-refractivity contribution in [2.75, 3.05) is 0 Å². The van der Waals surface area contributed by atoms with Crippen LogP contribution in [0.1, 0.15) is 20.3 Å². The third-order valence-corrected chi connectivity index (χ3v) is 3.91. The van der Waals surface area contributed by atoms with Gasteiger partial charge in [0.2, 0.25) is 0 Å². The van der Waals surface area contributed by atoms with E-state index < -0.39 is 0 Å². The van der Waals surface area contributed by atoms with Crippen LogP contribution in [0.4, 0.5) is 0 Å². The maximum absolute atomic E-state index is 5.96. The van der Waals surface area contributed by atoms with Crippen molar-refractivity contribution in [1.82, 2.24) is 0 Å². The van der Waals surface area contributed by atoms with Crippen LogP contribution in [0.5, 0.6) is 0 Å². The van der Waals surface area contributed by atoms with E-state index in [1.165, 1.54) is 6.42 Å². The Balaban J connectivity index is 1.79. The van der Waals surface area contributed by atoms with Gasteiger partial charge in [0.05, 0.1) is 12.2 Å². The van der Waals surface area contributed by atoms with E-state index in [-0.39, 0.29) is 0 Å². The normalized spacial score (nSPS) is 48.1. The van der Waals surface area contributed by atoms with Crippen LogP contribution in [-0.4, -0.2) is 12.2 Å². The van der Waals surface area contributed by atoms with Gasteiger partial charge < -0.3 is 4.74 Å². The predicted octanol–water partition coefficient (Wildman–Crippen LogP) is 2.79. The van der Waals surface area contributed by atoms with Crippen LogP contribution in [-0.2, 0) is 4.74 Å². The highest BCUT2D eigenvalue weighted by atomic mass is 16.5. The van der Waals surface area contributed by atoms with Gasteiger partial charge in [-0.15, -0.1) is 0 Å². The van der Waals surface area contributed by atoms with Crippen molar-refractivity contribution < 1.29 is 4.74 Å². The average Bonchev–Trinajstić information content (AvgIpc) is 2.74. The summed E-state index contributed by atoms with van der Waals surface area (Å²) in [7, 11) is 0. The van der Waals surface area contributed by atoms with Gasteiger partial charge in [0.25, 0.3) is 0 Å². The van der Waals surface area contributed by atoms with Gasteiger partial charge in [-0.2, -0.15) is 0 Å². The fourth-order valence-electron chi connectivity index (χ4n) is 3.45. The minimum Gasteiger partial charge on any atom is -0.371 e. The van der Waals surface area contributed by atoms with Crippen molar-refractivity contribution in [3.8, 4) is 0 Å². The molecule has 2 bridgehead atoms. The molecule has 0 aromatic heterocycles. The summed E-state index contributed by atoms with van der Waals surface area (Å²) in [5.74, 6) is 3.16. The molecule has 3 aliphatic carbocycles. The molecule has 0 N–H and O–H groups in total. The molecular formula is C13H18O. The maximum atomic E-state index is 5.96. The van der Waals surface area contributed by atoms with Crippen LogP contribution in [0, 0.1) is 23.7 Å². The largest absolute Gasteiger partial charge is 0.371 e. The molecule has 0 aromatic carbocycles. The van der Waals surface area contributed by atoms with Crippen molar-refractivity contribution in [2.45, 2.75) is 32.5 Å². The minimum atomic E-state index is 0.353. The lowest BCUT2D eigenvalue weighted by atomic mass is 9.84. The third kappa shape index (κ3) is 1.12. The van der Waals surface area contributed by atoms with E-state index in [1.807, 2.05) is 0 Å². The smallest absolute Gasteiger partial charge is 0.0799 e. The summed E-state index contributed by atoms with van der Waals surface area (Å²) < 4.78 is 5.96. The summed E-state index contributed by atoms with van der Waals surface area (Å²) in [6.07, 6.45) is 11.6. The lowest BCUT2D eigenvalue weighted by Crippen LogP contribution is -2.28. The SMILES string of the molecule is CC(C)O[C@@H]1C=CC2C1[C@@H]1C=C[C@H]2C1. The fourth-order valence-corrected chi connectivity index (χ4v) is 3.45. The first-order valence-corrected chi connectivity index (χ1v) is 5.78. The molecule has 5 atom stereocenters. The predicted molar refractivity (Wildman–Crippen MR) is 56.9 cm³/mol. The van der Waals surface area contributed by atoms with E-state index in [0.717, 1.165) is 23.7 Å². The quantitative estimate of drug-likeness (QED) is 0.608. The summed E-state index contributed by atoms with van der Waals surface area (Å²) in [6.45, 7) is 4.26. The zero-order valence-corrected chi connectivity index (χ0v) is 8.89. The van der Waals surface area contributed by atoms with Crippen molar-refractivity contribution in [1.29, 1.82) is 0 Å². The summed E-state index contributed by atoms with van der Waals surface area (Å²) in [6, 6.07) is 0. The summed E-state index contributed by atoms with van der Waals surface area (Å²) in [5.41, 5.74) is 0. The molecule has 0 aromatic rings. The molecule has 0 amide bonds. The van der Waals surface area contributed by atoms with Crippen molar-refractivity contribution >= 4 is 0 Å². The van der Waals surface area contributed by atoms with Crippen molar-refractivity contribution in [3.63, 3.8) is 0 Å². The molecule has 14 heavy (non-hydrogen) atoms. The first-order valence-electron chi connectivity index (χ1n) is 5.78. The molecule has 0 spiro atoms. The van der Waals surface area contributed by atoms with E-state index in [4.69, 9.17) is 4.74 Å². The number of hydrogen-bond donors (Lipinski definition) is 0. The fraction of sp³-hybridized carbons (Fsp3) is 0.692. The second-order valence-electron chi connectivity index (χ2n) is 5.14. The highest BCUT2D eigenvalue weighted by Gasteiger charge is 2.49. The highest BCUT2D eigenvalue weighted by molar-refractivity contribution is 5.25. The Bertz CT molecular complexity index is 290. The molecular weight excluding hydrogens is 172 g/mol. The lowest BCUT2D eigenvalue weighted by Gasteiger charge is -2.27. The first-order chi connectivity index (χ1) is 6.75. The highest BCUT2D eigenvalue weighted by Crippen LogP contribution is 2.53. The van der Waals surface area contributed by atoms with Gasteiger partial charge in [-0.25, -0.2) is 0 Å². The van der Waals surface area contributed by atoms with Crippen LogP contribution in [0.2, 0.25) is 0 Å². The number of hydrogen-bond acceptors (Lipinski definition) is 1.